The normalized spacial score (nSPS) is 15.4. The third kappa shape index (κ3) is 5.52. The number of benzene rings is 2. The largest absolute Gasteiger partial charge is 0.449 e. The maximum Gasteiger partial charge on any atom is 0.338 e. The van der Waals surface area contributed by atoms with Crippen molar-refractivity contribution >= 4 is 38.4 Å². The number of rotatable bonds is 7. The number of nitrogens with zero attached hydrogens (tertiary/aromatic N) is 2. The predicted molar refractivity (Wildman–Crippen MR) is 130 cm³/mol. The van der Waals surface area contributed by atoms with E-state index in [9.17, 15) is 18.0 Å². The number of aromatic nitrogens is 1. The predicted octanol–water partition coefficient (Wildman–Crippen LogP) is 4.17. The summed E-state index contributed by atoms with van der Waals surface area (Å²) >= 11 is 1.28. The minimum absolute atomic E-state index is 0.134. The molecule has 1 atom stereocenters. The number of sulfonamides is 1. The SMILES string of the molecule is CC(OC(=O)c1ccc(S(=O)(=O)N2CCCCC2)cc1)C(=O)Nc1nc(-c2ccccc2)cs1. The summed E-state index contributed by atoms with van der Waals surface area (Å²) in [6, 6.07) is 15.2. The minimum Gasteiger partial charge on any atom is -0.449 e. The molecule has 34 heavy (non-hydrogen) atoms. The lowest BCUT2D eigenvalue weighted by atomic mass is 10.2. The van der Waals surface area contributed by atoms with Gasteiger partial charge in [0.15, 0.2) is 11.2 Å². The fraction of sp³-hybridized carbons (Fsp3) is 0.292. The molecule has 0 radical (unpaired) electrons. The number of esters is 1. The first-order chi connectivity index (χ1) is 16.3. The number of anilines is 1. The van der Waals surface area contributed by atoms with Gasteiger partial charge in [0, 0.05) is 24.0 Å². The van der Waals surface area contributed by atoms with E-state index in [1.807, 2.05) is 35.7 Å². The number of amides is 1. The van der Waals surface area contributed by atoms with Crippen molar-refractivity contribution in [2.75, 3.05) is 18.4 Å². The molecule has 0 bridgehead atoms. The number of carbonyl (C=O) groups is 2. The van der Waals surface area contributed by atoms with E-state index in [1.54, 1.807) is 0 Å². The molecule has 4 rings (SSSR count). The Hall–Kier alpha value is -3.08. The number of hydrogen-bond donors (Lipinski definition) is 1. The van der Waals surface area contributed by atoms with Gasteiger partial charge >= 0.3 is 5.97 Å². The molecule has 0 saturated carbocycles. The lowest BCUT2D eigenvalue weighted by Crippen LogP contribution is -2.35. The highest BCUT2D eigenvalue weighted by Crippen LogP contribution is 2.25. The van der Waals surface area contributed by atoms with Gasteiger partial charge in [-0.05, 0) is 44.0 Å². The first-order valence-electron chi connectivity index (χ1n) is 11.0. The summed E-state index contributed by atoms with van der Waals surface area (Å²) in [7, 11) is -3.58. The van der Waals surface area contributed by atoms with Crippen molar-refractivity contribution in [2.45, 2.75) is 37.2 Å². The fourth-order valence-electron chi connectivity index (χ4n) is 3.58. The lowest BCUT2D eigenvalue weighted by molar-refractivity contribution is -0.123. The second-order valence-electron chi connectivity index (χ2n) is 7.93. The molecule has 1 fully saturated rings. The Bertz CT molecular complexity index is 1250. The first kappa shape index (κ1) is 24.1. The molecule has 178 valence electrons. The number of hydrogen-bond acceptors (Lipinski definition) is 7. The van der Waals surface area contributed by atoms with Crippen LogP contribution in [0.5, 0.6) is 0 Å². The minimum atomic E-state index is -3.58. The van der Waals surface area contributed by atoms with Crippen LogP contribution in [0.3, 0.4) is 0 Å². The van der Waals surface area contributed by atoms with Crippen LogP contribution < -0.4 is 5.32 Å². The van der Waals surface area contributed by atoms with Crippen LogP contribution in [0.15, 0.2) is 64.9 Å². The van der Waals surface area contributed by atoms with Crippen LogP contribution in [0.4, 0.5) is 5.13 Å². The Morgan fingerprint density at radius 1 is 1.03 bits per heavy atom. The fourth-order valence-corrected chi connectivity index (χ4v) is 5.82. The van der Waals surface area contributed by atoms with E-state index in [0.29, 0.717) is 18.2 Å². The topological polar surface area (TPSA) is 106 Å². The van der Waals surface area contributed by atoms with Crippen molar-refractivity contribution in [3.63, 3.8) is 0 Å². The molecule has 2 heterocycles. The summed E-state index contributed by atoms with van der Waals surface area (Å²) < 4.78 is 32.2. The van der Waals surface area contributed by atoms with E-state index in [4.69, 9.17) is 4.74 Å². The third-order valence-corrected chi connectivity index (χ3v) is 8.17. The highest BCUT2D eigenvalue weighted by Gasteiger charge is 2.26. The highest BCUT2D eigenvalue weighted by atomic mass is 32.2. The zero-order valence-corrected chi connectivity index (χ0v) is 20.3. The Labute approximate surface area is 202 Å². The van der Waals surface area contributed by atoms with Crippen molar-refractivity contribution in [1.29, 1.82) is 0 Å². The average Bonchev–Trinajstić information content (AvgIpc) is 3.33. The van der Waals surface area contributed by atoms with Gasteiger partial charge in [0.25, 0.3) is 5.91 Å². The second-order valence-corrected chi connectivity index (χ2v) is 10.7. The number of carbonyl (C=O) groups excluding carboxylic acids is 2. The van der Waals surface area contributed by atoms with Gasteiger partial charge in [0.05, 0.1) is 16.2 Å². The van der Waals surface area contributed by atoms with Crippen LogP contribution in [0, 0.1) is 0 Å². The maximum absolute atomic E-state index is 12.8. The van der Waals surface area contributed by atoms with Crippen molar-refractivity contribution in [2.24, 2.45) is 0 Å². The van der Waals surface area contributed by atoms with Crippen molar-refractivity contribution in [1.82, 2.24) is 9.29 Å². The zero-order chi connectivity index (χ0) is 24.1. The Kier molecular flexibility index (Phi) is 7.40. The van der Waals surface area contributed by atoms with Crippen molar-refractivity contribution in [3.05, 3.63) is 65.5 Å². The van der Waals surface area contributed by atoms with Crippen LogP contribution in [0.25, 0.3) is 11.3 Å². The van der Waals surface area contributed by atoms with E-state index >= 15 is 0 Å². The standard InChI is InChI=1S/C24H25N3O5S2/c1-17(22(28)26-24-25-21(16-33-24)18-8-4-2-5-9-18)32-23(29)19-10-12-20(13-11-19)34(30,31)27-14-6-3-7-15-27/h2,4-5,8-13,16-17H,3,6-7,14-15H2,1H3,(H,25,26,28). The van der Waals surface area contributed by atoms with E-state index in [1.165, 1.54) is 46.8 Å². The van der Waals surface area contributed by atoms with Crippen LogP contribution in [0.2, 0.25) is 0 Å². The maximum atomic E-state index is 12.8. The molecule has 0 aliphatic carbocycles. The van der Waals surface area contributed by atoms with Crippen LogP contribution in [-0.2, 0) is 19.6 Å². The van der Waals surface area contributed by atoms with Gasteiger partial charge in [-0.2, -0.15) is 4.31 Å². The molecule has 1 saturated heterocycles. The molecule has 1 aromatic heterocycles. The first-order valence-corrected chi connectivity index (χ1v) is 13.3. The molecule has 2 aromatic carbocycles. The summed E-state index contributed by atoms with van der Waals surface area (Å²) in [6.45, 7) is 2.48. The molecule has 1 N–H and O–H groups in total. The van der Waals surface area contributed by atoms with Crippen molar-refractivity contribution < 1.29 is 22.7 Å². The van der Waals surface area contributed by atoms with Crippen LogP contribution >= 0.6 is 11.3 Å². The van der Waals surface area contributed by atoms with Gasteiger partial charge in [0.1, 0.15) is 0 Å². The molecule has 3 aromatic rings. The van der Waals surface area contributed by atoms with Gasteiger partial charge in [0.2, 0.25) is 10.0 Å². The molecule has 8 nitrogen and oxygen atoms in total. The molecule has 1 aliphatic heterocycles. The number of nitrogens with one attached hydrogen (secondary N) is 1. The molecular weight excluding hydrogens is 474 g/mol. The highest BCUT2D eigenvalue weighted by molar-refractivity contribution is 7.89. The average molecular weight is 500 g/mol. The number of thiazole rings is 1. The summed E-state index contributed by atoms with van der Waals surface area (Å²) in [5.41, 5.74) is 1.84. The molecule has 10 heteroatoms. The summed E-state index contributed by atoms with van der Waals surface area (Å²) in [5, 5.41) is 4.90. The van der Waals surface area contributed by atoms with Gasteiger partial charge in [-0.15, -0.1) is 11.3 Å². The van der Waals surface area contributed by atoms with Gasteiger partial charge in [-0.1, -0.05) is 36.8 Å². The molecule has 1 aliphatic rings. The van der Waals surface area contributed by atoms with Crippen LogP contribution in [-0.4, -0.2) is 48.8 Å². The molecule has 1 amide bonds. The second kappa shape index (κ2) is 10.5. The number of ether oxygens (including phenoxy) is 1. The van der Waals surface area contributed by atoms with Gasteiger partial charge in [-0.25, -0.2) is 18.2 Å². The van der Waals surface area contributed by atoms with E-state index < -0.39 is 28.0 Å². The van der Waals surface area contributed by atoms with Crippen LogP contribution in [0.1, 0.15) is 36.5 Å². The Morgan fingerprint density at radius 2 is 1.71 bits per heavy atom. The summed E-state index contributed by atoms with van der Waals surface area (Å²) in [6.07, 6.45) is 1.66. The summed E-state index contributed by atoms with van der Waals surface area (Å²) in [4.78, 5) is 29.5. The Morgan fingerprint density at radius 3 is 2.38 bits per heavy atom. The molecular formula is C24H25N3O5S2. The van der Waals surface area contributed by atoms with E-state index in [0.717, 1.165) is 30.5 Å². The monoisotopic (exact) mass is 499 g/mol. The van der Waals surface area contributed by atoms with Gasteiger partial charge in [-0.3, -0.25) is 10.1 Å². The Balaban J connectivity index is 1.35. The van der Waals surface area contributed by atoms with E-state index in [2.05, 4.69) is 10.3 Å². The number of piperidine rings is 1. The lowest BCUT2D eigenvalue weighted by Gasteiger charge is -2.25. The van der Waals surface area contributed by atoms with Crippen molar-refractivity contribution in [3.8, 4) is 11.3 Å². The summed E-state index contributed by atoms with van der Waals surface area (Å²) in [5.74, 6) is -1.22. The zero-order valence-electron chi connectivity index (χ0n) is 18.6. The quantitative estimate of drug-likeness (QED) is 0.489. The molecule has 0 spiro atoms. The smallest absolute Gasteiger partial charge is 0.338 e. The van der Waals surface area contributed by atoms with Gasteiger partial charge < -0.3 is 4.74 Å². The third-order valence-electron chi connectivity index (χ3n) is 5.50. The molecule has 1 unspecified atom stereocenters. The van der Waals surface area contributed by atoms with E-state index in [-0.39, 0.29) is 10.5 Å².